The second kappa shape index (κ2) is 9.44. The molecule has 0 aliphatic carbocycles. The van der Waals surface area contributed by atoms with Gasteiger partial charge in [-0.05, 0) is 42.0 Å². The molecule has 0 atom stereocenters. The van der Waals surface area contributed by atoms with Crippen LogP contribution in [0.15, 0.2) is 48.5 Å². The van der Waals surface area contributed by atoms with E-state index in [1.807, 2.05) is 12.1 Å². The van der Waals surface area contributed by atoms with Crippen molar-refractivity contribution in [3.8, 4) is 5.75 Å². The Morgan fingerprint density at radius 3 is 2.24 bits per heavy atom. The van der Waals surface area contributed by atoms with Crippen LogP contribution in [0.4, 0.5) is 5.69 Å². The predicted octanol–water partition coefficient (Wildman–Crippen LogP) is 2.25. The Balaban J connectivity index is 1.91. The van der Waals surface area contributed by atoms with E-state index >= 15 is 0 Å². The van der Waals surface area contributed by atoms with E-state index in [9.17, 15) is 9.59 Å². The Hall–Kier alpha value is -2.86. The van der Waals surface area contributed by atoms with Crippen molar-refractivity contribution in [2.75, 3.05) is 32.7 Å². The highest BCUT2D eigenvalue weighted by atomic mass is 16.5. The Kier molecular flexibility index (Phi) is 6.98. The molecule has 2 amide bonds. The van der Waals surface area contributed by atoms with Crippen LogP contribution in [-0.4, -0.2) is 39.2 Å². The molecular weight excluding hydrogens is 320 g/mol. The van der Waals surface area contributed by atoms with Crippen LogP contribution in [0, 0.1) is 0 Å². The van der Waals surface area contributed by atoms with Crippen LogP contribution < -0.4 is 15.4 Å². The van der Waals surface area contributed by atoms with Gasteiger partial charge >= 0.3 is 0 Å². The quantitative estimate of drug-likeness (QED) is 0.722. The second-order valence-corrected chi connectivity index (χ2v) is 5.37. The molecule has 2 aromatic rings. The lowest BCUT2D eigenvalue weighted by molar-refractivity contribution is -0.119. The molecule has 0 saturated carbocycles. The van der Waals surface area contributed by atoms with E-state index < -0.39 is 0 Å². The standard InChI is InChI=1S/C19H22N2O4/c1-20-18(22)13-14-3-7-16(8-4-14)21-19(23)15-5-9-17(10-6-15)25-12-11-24-2/h3-10H,11-13H2,1-2H3,(H,20,22)(H,21,23). The van der Waals surface area contributed by atoms with Gasteiger partial charge in [-0.2, -0.15) is 0 Å². The molecule has 0 bridgehead atoms. The smallest absolute Gasteiger partial charge is 0.255 e. The SMILES string of the molecule is CNC(=O)Cc1ccc(NC(=O)c2ccc(OCCOC)cc2)cc1. The Bertz CT molecular complexity index is 696. The average Bonchev–Trinajstić information content (AvgIpc) is 2.64. The summed E-state index contributed by atoms with van der Waals surface area (Å²) in [5.41, 5.74) is 2.09. The molecule has 0 aliphatic rings. The molecule has 0 heterocycles. The highest BCUT2D eigenvalue weighted by Crippen LogP contribution is 2.15. The summed E-state index contributed by atoms with van der Waals surface area (Å²) < 4.78 is 10.4. The first kappa shape index (κ1) is 18.5. The summed E-state index contributed by atoms with van der Waals surface area (Å²) in [7, 11) is 3.21. The maximum absolute atomic E-state index is 12.3. The first-order valence-corrected chi connectivity index (χ1v) is 7.95. The van der Waals surface area contributed by atoms with Crippen molar-refractivity contribution in [3.63, 3.8) is 0 Å². The number of hydrogen-bond acceptors (Lipinski definition) is 4. The van der Waals surface area contributed by atoms with E-state index in [2.05, 4.69) is 10.6 Å². The third kappa shape index (κ3) is 5.93. The number of amides is 2. The van der Waals surface area contributed by atoms with Gasteiger partial charge in [-0.3, -0.25) is 9.59 Å². The van der Waals surface area contributed by atoms with Gasteiger partial charge in [0.25, 0.3) is 5.91 Å². The van der Waals surface area contributed by atoms with Crippen LogP contribution in [0.25, 0.3) is 0 Å². The Morgan fingerprint density at radius 1 is 0.960 bits per heavy atom. The van der Waals surface area contributed by atoms with Crippen molar-refractivity contribution >= 4 is 17.5 Å². The van der Waals surface area contributed by atoms with E-state index in [1.165, 1.54) is 0 Å². The summed E-state index contributed by atoms with van der Waals surface area (Å²) in [6, 6.07) is 14.1. The molecule has 0 fully saturated rings. The summed E-state index contributed by atoms with van der Waals surface area (Å²) in [5, 5.41) is 5.40. The molecule has 0 saturated heterocycles. The maximum Gasteiger partial charge on any atom is 0.255 e. The van der Waals surface area contributed by atoms with Crippen molar-refractivity contribution in [3.05, 3.63) is 59.7 Å². The van der Waals surface area contributed by atoms with Crippen molar-refractivity contribution in [1.29, 1.82) is 0 Å². The van der Waals surface area contributed by atoms with Crippen LogP contribution in [0.3, 0.4) is 0 Å². The zero-order chi connectivity index (χ0) is 18.1. The predicted molar refractivity (Wildman–Crippen MR) is 96.0 cm³/mol. The minimum atomic E-state index is -0.206. The summed E-state index contributed by atoms with van der Waals surface area (Å²) in [6.45, 7) is 0.975. The number of rotatable bonds is 8. The molecule has 2 rings (SSSR count). The van der Waals surface area contributed by atoms with Crippen LogP contribution in [-0.2, 0) is 16.0 Å². The highest BCUT2D eigenvalue weighted by Gasteiger charge is 2.07. The monoisotopic (exact) mass is 342 g/mol. The second-order valence-electron chi connectivity index (χ2n) is 5.37. The minimum absolute atomic E-state index is 0.0513. The first-order chi connectivity index (χ1) is 12.1. The minimum Gasteiger partial charge on any atom is -0.491 e. The average molecular weight is 342 g/mol. The van der Waals surface area contributed by atoms with E-state index in [0.29, 0.717) is 36.6 Å². The number of likely N-dealkylation sites (N-methyl/N-ethyl adjacent to an activating group) is 1. The summed E-state index contributed by atoms with van der Waals surface area (Å²) in [6.07, 6.45) is 0.315. The van der Waals surface area contributed by atoms with E-state index in [-0.39, 0.29) is 11.8 Å². The molecule has 6 heteroatoms. The maximum atomic E-state index is 12.3. The van der Waals surface area contributed by atoms with Crippen molar-refractivity contribution in [1.82, 2.24) is 5.32 Å². The van der Waals surface area contributed by atoms with Crippen molar-refractivity contribution < 1.29 is 19.1 Å². The van der Waals surface area contributed by atoms with Crippen molar-refractivity contribution in [2.45, 2.75) is 6.42 Å². The van der Waals surface area contributed by atoms with E-state index in [0.717, 1.165) is 5.56 Å². The number of carbonyl (C=O) groups is 2. The molecule has 6 nitrogen and oxygen atoms in total. The highest BCUT2D eigenvalue weighted by molar-refractivity contribution is 6.04. The van der Waals surface area contributed by atoms with Crippen molar-refractivity contribution in [2.24, 2.45) is 0 Å². The van der Waals surface area contributed by atoms with Gasteiger partial charge < -0.3 is 20.1 Å². The summed E-state index contributed by atoms with van der Waals surface area (Å²) >= 11 is 0. The largest absolute Gasteiger partial charge is 0.491 e. The molecule has 2 N–H and O–H groups in total. The normalized spacial score (nSPS) is 10.2. The van der Waals surface area contributed by atoms with E-state index in [1.54, 1.807) is 50.6 Å². The molecule has 0 aromatic heterocycles. The fourth-order valence-electron chi connectivity index (χ4n) is 2.13. The number of carbonyl (C=O) groups excluding carboxylic acids is 2. The topological polar surface area (TPSA) is 76.7 Å². The fourth-order valence-corrected chi connectivity index (χ4v) is 2.13. The molecule has 0 radical (unpaired) electrons. The number of nitrogens with one attached hydrogen (secondary N) is 2. The third-order valence-electron chi connectivity index (χ3n) is 3.53. The molecule has 0 unspecified atom stereocenters. The first-order valence-electron chi connectivity index (χ1n) is 7.95. The Labute approximate surface area is 147 Å². The number of benzene rings is 2. The number of anilines is 1. The van der Waals surface area contributed by atoms with Gasteiger partial charge in [0.2, 0.25) is 5.91 Å². The molecule has 132 valence electrons. The van der Waals surface area contributed by atoms with Gasteiger partial charge in [0.1, 0.15) is 12.4 Å². The number of hydrogen-bond donors (Lipinski definition) is 2. The van der Waals surface area contributed by atoms with Crippen LogP contribution in [0.1, 0.15) is 15.9 Å². The van der Waals surface area contributed by atoms with Crippen LogP contribution in [0.2, 0.25) is 0 Å². The molecule has 2 aromatic carbocycles. The van der Waals surface area contributed by atoms with Gasteiger partial charge in [-0.25, -0.2) is 0 Å². The number of ether oxygens (including phenoxy) is 2. The lowest BCUT2D eigenvalue weighted by atomic mass is 10.1. The van der Waals surface area contributed by atoms with Gasteiger partial charge in [-0.15, -0.1) is 0 Å². The van der Waals surface area contributed by atoms with Crippen LogP contribution >= 0.6 is 0 Å². The van der Waals surface area contributed by atoms with E-state index in [4.69, 9.17) is 9.47 Å². The summed E-state index contributed by atoms with van der Waals surface area (Å²) in [4.78, 5) is 23.6. The zero-order valence-corrected chi connectivity index (χ0v) is 14.4. The molecular formula is C19H22N2O4. The fraction of sp³-hybridized carbons (Fsp3) is 0.263. The van der Waals surface area contributed by atoms with Gasteiger partial charge in [0.05, 0.1) is 13.0 Å². The lowest BCUT2D eigenvalue weighted by Gasteiger charge is -2.08. The molecule has 0 aliphatic heterocycles. The third-order valence-corrected chi connectivity index (χ3v) is 3.53. The van der Waals surface area contributed by atoms with Gasteiger partial charge in [0.15, 0.2) is 0 Å². The number of methoxy groups -OCH3 is 1. The van der Waals surface area contributed by atoms with Gasteiger partial charge in [0, 0.05) is 25.4 Å². The zero-order valence-electron chi connectivity index (χ0n) is 14.4. The Morgan fingerprint density at radius 2 is 1.64 bits per heavy atom. The summed E-state index contributed by atoms with van der Waals surface area (Å²) in [5.74, 6) is 0.430. The molecule has 0 spiro atoms. The van der Waals surface area contributed by atoms with Crippen LogP contribution in [0.5, 0.6) is 5.75 Å². The lowest BCUT2D eigenvalue weighted by Crippen LogP contribution is -2.19. The van der Waals surface area contributed by atoms with Gasteiger partial charge in [-0.1, -0.05) is 12.1 Å². The molecule has 25 heavy (non-hydrogen) atoms.